The minimum atomic E-state index is -4.61. The zero-order valence-corrected chi connectivity index (χ0v) is 19.1. The molecule has 0 bridgehead atoms. The molecule has 0 saturated heterocycles. The second-order valence-electron chi connectivity index (χ2n) is 7.85. The number of sulfone groups is 1. The molecule has 0 aliphatic rings. The van der Waals surface area contributed by atoms with Crippen LogP contribution in [0, 0.1) is 5.82 Å². The molecule has 10 heteroatoms. The van der Waals surface area contributed by atoms with E-state index in [1.165, 1.54) is 60.8 Å². The van der Waals surface area contributed by atoms with Crippen LogP contribution in [0.1, 0.15) is 11.1 Å². The van der Waals surface area contributed by atoms with Gasteiger partial charge in [0.25, 0.3) is 5.56 Å². The summed E-state index contributed by atoms with van der Waals surface area (Å²) in [6, 6.07) is 15.8. The van der Waals surface area contributed by atoms with Crippen molar-refractivity contribution in [1.82, 2.24) is 9.78 Å². The Morgan fingerprint density at radius 2 is 1.49 bits per heavy atom. The smallest absolute Gasteiger partial charge is 0.267 e. The van der Waals surface area contributed by atoms with Gasteiger partial charge in [0.1, 0.15) is 5.82 Å². The van der Waals surface area contributed by atoms with Gasteiger partial charge in [0.15, 0.2) is 9.84 Å². The van der Waals surface area contributed by atoms with E-state index < -0.39 is 39.5 Å². The molecule has 0 fully saturated rings. The van der Waals surface area contributed by atoms with Crippen molar-refractivity contribution in [1.29, 1.82) is 0 Å². The summed E-state index contributed by atoms with van der Waals surface area (Å²) in [6.45, 7) is -0.435. The fourth-order valence-corrected chi connectivity index (χ4v) is 4.32. The van der Waals surface area contributed by atoms with E-state index >= 15 is 0 Å². The van der Waals surface area contributed by atoms with Crippen LogP contribution in [-0.4, -0.2) is 24.5 Å². The molecular formula is C25H18F4N2O3S. The molecule has 0 aliphatic heterocycles. The third kappa shape index (κ3) is 5.17. The van der Waals surface area contributed by atoms with Crippen LogP contribution in [-0.2, 0) is 22.6 Å². The minimum absolute atomic E-state index is 0.0784. The highest BCUT2D eigenvalue weighted by Gasteiger charge is 2.33. The summed E-state index contributed by atoms with van der Waals surface area (Å²) in [6.07, 6.45) is -2.22. The average molecular weight is 502 g/mol. The molecule has 4 rings (SSSR count). The molecule has 1 heterocycles. The number of halogens is 4. The summed E-state index contributed by atoms with van der Waals surface area (Å²) >= 11 is 0. The van der Waals surface area contributed by atoms with Gasteiger partial charge < -0.3 is 0 Å². The number of rotatable bonds is 5. The lowest BCUT2D eigenvalue weighted by molar-refractivity contribution is -0.138. The molecule has 1 aromatic heterocycles. The fourth-order valence-electron chi connectivity index (χ4n) is 3.69. The highest BCUT2D eigenvalue weighted by molar-refractivity contribution is 7.90. The molecule has 0 unspecified atom stereocenters. The number of hydrogen-bond donors (Lipinski definition) is 0. The van der Waals surface area contributed by atoms with Crippen molar-refractivity contribution in [3.05, 3.63) is 106 Å². The van der Waals surface area contributed by atoms with Crippen LogP contribution in [0.5, 0.6) is 0 Å². The van der Waals surface area contributed by atoms with Gasteiger partial charge >= 0.3 is 6.18 Å². The van der Waals surface area contributed by atoms with Gasteiger partial charge in [-0.05, 0) is 47.0 Å². The highest BCUT2D eigenvalue weighted by atomic mass is 32.2. The van der Waals surface area contributed by atoms with E-state index in [9.17, 15) is 30.8 Å². The van der Waals surface area contributed by atoms with Gasteiger partial charge in [0, 0.05) is 11.8 Å². The zero-order valence-electron chi connectivity index (χ0n) is 18.3. The Morgan fingerprint density at radius 3 is 2.09 bits per heavy atom. The topological polar surface area (TPSA) is 69.0 Å². The molecule has 0 aliphatic carbocycles. The van der Waals surface area contributed by atoms with E-state index in [-0.39, 0.29) is 16.0 Å². The monoisotopic (exact) mass is 502 g/mol. The van der Waals surface area contributed by atoms with Gasteiger partial charge in [-0.3, -0.25) is 4.79 Å². The standard InChI is InChI=1S/C25H18F4N2O3S/c1-35(33,34)20-12-8-16(9-13-20)21-14-30-31(15-18-4-2-3-5-22(18)25(27,28)29)24(32)23(21)17-6-10-19(26)11-7-17/h2-14H,15H2,1H3. The van der Waals surface area contributed by atoms with Crippen LogP contribution in [0.25, 0.3) is 22.3 Å². The Bertz CT molecular complexity index is 1540. The molecule has 0 amide bonds. The lowest BCUT2D eigenvalue weighted by Gasteiger charge is -2.16. The first kappa shape index (κ1) is 24.3. The molecule has 0 atom stereocenters. The zero-order chi connectivity index (χ0) is 25.4. The Balaban J connectivity index is 1.88. The summed E-state index contributed by atoms with van der Waals surface area (Å²) in [5.74, 6) is -0.527. The normalized spacial score (nSPS) is 12.0. The lowest BCUT2D eigenvalue weighted by atomic mass is 9.97. The maximum Gasteiger partial charge on any atom is 0.416 e. The number of nitrogens with zero attached hydrogens (tertiary/aromatic N) is 2. The summed E-state index contributed by atoms with van der Waals surface area (Å²) in [7, 11) is -3.45. The average Bonchev–Trinajstić information content (AvgIpc) is 2.80. The van der Waals surface area contributed by atoms with Crippen LogP contribution < -0.4 is 5.56 Å². The molecule has 3 aromatic carbocycles. The van der Waals surface area contributed by atoms with Gasteiger partial charge in [-0.25, -0.2) is 17.5 Å². The first-order valence-corrected chi connectivity index (χ1v) is 12.2. The van der Waals surface area contributed by atoms with Crippen molar-refractivity contribution < 1.29 is 26.0 Å². The second kappa shape index (κ2) is 9.10. The van der Waals surface area contributed by atoms with Crippen molar-refractivity contribution in [2.24, 2.45) is 0 Å². The van der Waals surface area contributed by atoms with Crippen LogP contribution in [0.2, 0.25) is 0 Å². The first-order chi connectivity index (χ1) is 16.4. The van der Waals surface area contributed by atoms with Crippen molar-refractivity contribution in [2.75, 3.05) is 6.26 Å². The Morgan fingerprint density at radius 1 is 0.886 bits per heavy atom. The molecule has 0 radical (unpaired) electrons. The first-order valence-electron chi connectivity index (χ1n) is 10.3. The summed E-state index contributed by atoms with van der Waals surface area (Å²) < 4.78 is 78.4. The largest absolute Gasteiger partial charge is 0.416 e. The molecule has 0 saturated carbocycles. The third-order valence-electron chi connectivity index (χ3n) is 5.41. The lowest BCUT2D eigenvalue weighted by Crippen LogP contribution is -2.26. The number of hydrogen-bond acceptors (Lipinski definition) is 4. The third-order valence-corrected chi connectivity index (χ3v) is 6.54. The summed E-state index contributed by atoms with van der Waals surface area (Å²) in [5, 5.41) is 4.09. The molecule has 0 spiro atoms. The predicted octanol–water partition coefficient (Wildman–Crippen LogP) is 5.19. The number of alkyl halides is 3. The Kier molecular flexibility index (Phi) is 6.33. The van der Waals surface area contributed by atoms with Crippen LogP contribution >= 0.6 is 0 Å². The maximum atomic E-state index is 13.5. The molecule has 35 heavy (non-hydrogen) atoms. The van der Waals surface area contributed by atoms with E-state index in [2.05, 4.69) is 5.10 Å². The SMILES string of the molecule is CS(=O)(=O)c1ccc(-c2cnn(Cc3ccccc3C(F)(F)F)c(=O)c2-c2ccc(F)cc2)cc1. The molecule has 0 N–H and O–H groups in total. The second-order valence-corrected chi connectivity index (χ2v) is 9.87. The fraction of sp³-hybridized carbons (Fsp3) is 0.120. The minimum Gasteiger partial charge on any atom is -0.267 e. The number of aromatic nitrogens is 2. The summed E-state index contributed by atoms with van der Waals surface area (Å²) in [4.78, 5) is 13.5. The van der Waals surface area contributed by atoms with E-state index in [1.54, 1.807) is 0 Å². The molecule has 180 valence electrons. The maximum absolute atomic E-state index is 13.5. The van der Waals surface area contributed by atoms with Gasteiger partial charge in [-0.1, -0.05) is 42.5 Å². The van der Waals surface area contributed by atoms with E-state index in [4.69, 9.17) is 0 Å². The van der Waals surface area contributed by atoms with Gasteiger partial charge in [0.2, 0.25) is 0 Å². The van der Waals surface area contributed by atoms with Crippen LogP contribution in [0.4, 0.5) is 17.6 Å². The van der Waals surface area contributed by atoms with Gasteiger partial charge in [-0.15, -0.1) is 0 Å². The number of benzene rings is 3. The highest BCUT2D eigenvalue weighted by Crippen LogP contribution is 2.33. The summed E-state index contributed by atoms with van der Waals surface area (Å²) in [5.41, 5.74) is -0.484. The van der Waals surface area contributed by atoms with Crippen molar-refractivity contribution in [3.63, 3.8) is 0 Å². The van der Waals surface area contributed by atoms with Crippen LogP contribution in [0.15, 0.2) is 88.7 Å². The van der Waals surface area contributed by atoms with E-state index in [0.717, 1.165) is 29.1 Å². The molecule has 5 nitrogen and oxygen atoms in total. The predicted molar refractivity (Wildman–Crippen MR) is 123 cm³/mol. The van der Waals surface area contributed by atoms with Gasteiger partial charge in [-0.2, -0.15) is 18.3 Å². The molecular weight excluding hydrogens is 484 g/mol. The van der Waals surface area contributed by atoms with E-state index in [1.807, 2.05) is 0 Å². The van der Waals surface area contributed by atoms with E-state index in [0.29, 0.717) is 16.7 Å². The van der Waals surface area contributed by atoms with Crippen molar-refractivity contribution in [2.45, 2.75) is 17.6 Å². The van der Waals surface area contributed by atoms with Crippen LogP contribution in [0.3, 0.4) is 0 Å². The molecule has 4 aromatic rings. The van der Waals surface area contributed by atoms with Crippen molar-refractivity contribution >= 4 is 9.84 Å². The quantitative estimate of drug-likeness (QED) is 0.353. The Labute approximate surface area is 198 Å². The van der Waals surface area contributed by atoms with Crippen molar-refractivity contribution in [3.8, 4) is 22.3 Å². The Hall–Kier alpha value is -3.79. The van der Waals surface area contributed by atoms with Gasteiger partial charge in [0.05, 0.1) is 28.8 Å².